The standard InChI is InChI=1S/C34H51NO5Si/c1-22(2)41(23(3)4,24(5)6)31-21-35(28(20-29(31)36)26-18-19-39-32(26)37)33(38)40-30-17-13-12-16-27(30)34(7,8)25-14-10-9-11-15-25/h9-11,14-15,21-24,26-28,30H,12-13,16-20H2,1-8H3/t26-,27-,28-,30-/m0/s1. The van der Waals surface area contributed by atoms with Gasteiger partial charge < -0.3 is 9.47 Å². The van der Waals surface area contributed by atoms with Crippen LogP contribution in [0.3, 0.4) is 0 Å². The third-order valence-electron chi connectivity index (χ3n) is 10.7. The number of hydrogen-bond donors (Lipinski definition) is 0. The summed E-state index contributed by atoms with van der Waals surface area (Å²) in [5.74, 6) is -0.580. The number of amides is 1. The summed E-state index contributed by atoms with van der Waals surface area (Å²) in [5.41, 5.74) is 2.02. The van der Waals surface area contributed by atoms with Gasteiger partial charge in [0.15, 0.2) is 5.78 Å². The molecule has 0 N–H and O–H groups in total. The molecule has 0 bridgehead atoms. The second-order valence-electron chi connectivity index (χ2n) is 14.0. The van der Waals surface area contributed by atoms with Crippen LogP contribution in [0.2, 0.25) is 16.6 Å². The molecule has 2 heterocycles. The first-order chi connectivity index (χ1) is 19.3. The monoisotopic (exact) mass is 581 g/mol. The van der Waals surface area contributed by atoms with Gasteiger partial charge in [-0.05, 0) is 58.5 Å². The van der Waals surface area contributed by atoms with E-state index in [4.69, 9.17) is 9.47 Å². The van der Waals surface area contributed by atoms with Crippen LogP contribution in [0.5, 0.6) is 0 Å². The summed E-state index contributed by atoms with van der Waals surface area (Å²) in [4.78, 5) is 42.6. The number of rotatable bonds is 8. The number of ether oxygens (including phenoxy) is 2. The maximum absolute atomic E-state index is 14.2. The predicted molar refractivity (Wildman–Crippen MR) is 165 cm³/mol. The van der Waals surface area contributed by atoms with Crippen molar-refractivity contribution in [2.45, 2.75) is 128 Å². The Kier molecular flexibility index (Phi) is 9.57. The highest BCUT2D eigenvalue weighted by Gasteiger charge is 2.53. The van der Waals surface area contributed by atoms with Crippen LogP contribution < -0.4 is 0 Å². The van der Waals surface area contributed by atoms with Crippen molar-refractivity contribution in [2.24, 2.45) is 11.8 Å². The first-order valence-corrected chi connectivity index (χ1v) is 18.0. The lowest BCUT2D eigenvalue weighted by atomic mass is 9.66. The number of cyclic esters (lactones) is 1. The molecule has 0 aromatic heterocycles. The number of hydrogen-bond acceptors (Lipinski definition) is 5. The Morgan fingerprint density at radius 1 is 0.951 bits per heavy atom. The third-order valence-corrected chi connectivity index (χ3v) is 17.8. The average Bonchev–Trinajstić information content (AvgIpc) is 3.35. The smallest absolute Gasteiger partial charge is 0.414 e. The second kappa shape index (κ2) is 12.4. The number of Topliss-reactive ketones (excluding diaryl/α,β-unsaturated/α-hetero) is 1. The van der Waals surface area contributed by atoms with Gasteiger partial charge in [-0.25, -0.2) is 4.79 Å². The van der Waals surface area contributed by atoms with Gasteiger partial charge in [-0.2, -0.15) is 0 Å². The van der Waals surface area contributed by atoms with Crippen molar-refractivity contribution in [3.05, 3.63) is 47.3 Å². The Bertz CT molecular complexity index is 1120. The molecular weight excluding hydrogens is 530 g/mol. The molecule has 226 valence electrons. The Morgan fingerprint density at radius 2 is 1.56 bits per heavy atom. The molecule has 0 unspecified atom stereocenters. The summed E-state index contributed by atoms with van der Waals surface area (Å²) in [6.07, 6.45) is 5.75. The van der Waals surface area contributed by atoms with E-state index >= 15 is 0 Å². The molecule has 1 aliphatic carbocycles. The van der Waals surface area contributed by atoms with Gasteiger partial charge in [0.1, 0.15) is 14.2 Å². The lowest BCUT2D eigenvalue weighted by molar-refractivity contribution is -0.142. The second-order valence-corrected chi connectivity index (χ2v) is 19.9. The van der Waals surface area contributed by atoms with Gasteiger partial charge in [0, 0.05) is 18.5 Å². The number of carbonyl (C=O) groups is 3. The van der Waals surface area contributed by atoms with Crippen LogP contribution >= 0.6 is 0 Å². The molecule has 1 saturated carbocycles. The SMILES string of the molecule is CC(C)[Si](C1=CN(C(=O)O[C@H]2CCCC[C@@H]2C(C)(C)c2ccccc2)[C@H]([C@@H]2CCOC2=O)CC1=O)(C(C)C)C(C)C. The summed E-state index contributed by atoms with van der Waals surface area (Å²) in [7, 11) is -2.36. The zero-order valence-electron chi connectivity index (χ0n) is 26.4. The first kappa shape index (κ1) is 31.5. The van der Waals surface area contributed by atoms with E-state index in [0.29, 0.717) is 29.7 Å². The zero-order chi connectivity index (χ0) is 30.1. The Morgan fingerprint density at radius 3 is 2.12 bits per heavy atom. The van der Waals surface area contributed by atoms with E-state index in [0.717, 1.165) is 30.9 Å². The molecule has 2 fully saturated rings. The summed E-state index contributed by atoms with van der Waals surface area (Å²) in [5, 5.41) is 0.821. The molecule has 1 aromatic carbocycles. The van der Waals surface area contributed by atoms with Crippen LogP contribution in [0.25, 0.3) is 0 Å². The Labute approximate surface area is 248 Å². The largest absolute Gasteiger partial charge is 0.465 e. The topological polar surface area (TPSA) is 72.9 Å². The van der Waals surface area contributed by atoms with Gasteiger partial charge in [0.2, 0.25) is 0 Å². The number of carbonyl (C=O) groups excluding carboxylic acids is 3. The molecule has 0 radical (unpaired) electrons. The van der Waals surface area contributed by atoms with Crippen LogP contribution in [0.4, 0.5) is 4.79 Å². The highest BCUT2D eigenvalue weighted by atomic mass is 28.3. The van der Waals surface area contributed by atoms with E-state index in [1.165, 1.54) is 5.56 Å². The van der Waals surface area contributed by atoms with Crippen molar-refractivity contribution in [2.75, 3.05) is 6.61 Å². The number of allylic oxidation sites excluding steroid dienone is 1. The Hall–Kier alpha value is -2.41. The van der Waals surface area contributed by atoms with Gasteiger partial charge >= 0.3 is 12.1 Å². The average molecular weight is 582 g/mol. The molecule has 0 spiro atoms. The lowest BCUT2D eigenvalue weighted by Gasteiger charge is -2.48. The number of nitrogens with zero attached hydrogens (tertiary/aromatic N) is 1. The molecule has 41 heavy (non-hydrogen) atoms. The van der Waals surface area contributed by atoms with Crippen LogP contribution in [0.1, 0.15) is 99.5 Å². The van der Waals surface area contributed by atoms with Crippen molar-refractivity contribution in [1.29, 1.82) is 0 Å². The summed E-state index contributed by atoms with van der Waals surface area (Å²) < 4.78 is 11.8. The fraction of sp³-hybridized carbons (Fsp3) is 0.676. The molecule has 1 amide bonds. The van der Waals surface area contributed by atoms with E-state index in [-0.39, 0.29) is 35.6 Å². The quantitative estimate of drug-likeness (QED) is 0.230. The maximum Gasteiger partial charge on any atom is 0.414 e. The minimum absolute atomic E-state index is 0.0854. The molecule has 1 saturated heterocycles. The first-order valence-electron chi connectivity index (χ1n) is 15.8. The van der Waals surface area contributed by atoms with Crippen molar-refractivity contribution in [3.8, 4) is 0 Å². The van der Waals surface area contributed by atoms with E-state index in [1.54, 1.807) is 4.90 Å². The minimum Gasteiger partial charge on any atom is -0.465 e. The fourth-order valence-corrected chi connectivity index (χ4v) is 15.5. The Balaban J connectivity index is 1.73. The molecule has 2 aliphatic heterocycles. The lowest BCUT2D eigenvalue weighted by Crippen LogP contribution is -2.55. The van der Waals surface area contributed by atoms with E-state index < -0.39 is 26.1 Å². The van der Waals surface area contributed by atoms with Crippen LogP contribution in [-0.4, -0.2) is 49.6 Å². The molecule has 3 aliphatic rings. The highest BCUT2D eigenvalue weighted by molar-refractivity contribution is 6.93. The van der Waals surface area contributed by atoms with Crippen LogP contribution in [0, 0.1) is 11.8 Å². The molecule has 7 heteroatoms. The summed E-state index contributed by atoms with van der Waals surface area (Å²) >= 11 is 0. The number of ketones is 1. The summed E-state index contributed by atoms with van der Waals surface area (Å²) in [6, 6.07) is 9.91. The van der Waals surface area contributed by atoms with Crippen molar-refractivity contribution in [1.82, 2.24) is 4.90 Å². The van der Waals surface area contributed by atoms with E-state index in [2.05, 4.69) is 79.7 Å². The van der Waals surface area contributed by atoms with Gasteiger partial charge in [-0.15, -0.1) is 0 Å². The summed E-state index contributed by atoms with van der Waals surface area (Å²) in [6.45, 7) is 18.2. The van der Waals surface area contributed by atoms with E-state index in [1.807, 2.05) is 12.3 Å². The van der Waals surface area contributed by atoms with Gasteiger partial charge in [0.05, 0.1) is 18.6 Å². The van der Waals surface area contributed by atoms with Crippen molar-refractivity contribution < 1.29 is 23.9 Å². The zero-order valence-corrected chi connectivity index (χ0v) is 27.4. The maximum atomic E-state index is 14.2. The normalized spacial score (nSPS) is 26.0. The molecule has 6 nitrogen and oxygen atoms in total. The van der Waals surface area contributed by atoms with Crippen LogP contribution in [-0.2, 0) is 24.5 Å². The van der Waals surface area contributed by atoms with Crippen molar-refractivity contribution >= 4 is 25.9 Å². The minimum atomic E-state index is -2.36. The fourth-order valence-electron chi connectivity index (χ4n) is 8.71. The van der Waals surface area contributed by atoms with E-state index in [9.17, 15) is 14.4 Å². The molecule has 4 atom stereocenters. The molecule has 4 rings (SSSR count). The van der Waals surface area contributed by atoms with Gasteiger partial charge in [-0.1, -0.05) is 92.1 Å². The van der Waals surface area contributed by atoms with Crippen LogP contribution in [0.15, 0.2) is 41.7 Å². The van der Waals surface area contributed by atoms with Crippen molar-refractivity contribution in [3.63, 3.8) is 0 Å². The molecule has 1 aromatic rings. The predicted octanol–water partition coefficient (Wildman–Crippen LogP) is 7.97. The van der Waals surface area contributed by atoms with Gasteiger partial charge in [-0.3, -0.25) is 14.5 Å². The number of esters is 1. The number of benzene rings is 1. The third kappa shape index (κ3) is 5.80. The molecular formula is C34H51NO5Si. The van der Waals surface area contributed by atoms with Gasteiger partial charge in [0.25, 0.3) is 0 Å². The highest BCUT2D eigenvalue weighted by Crippen LogP contribution is 2.49.